The van der Waals surface area contributed by atoms with Crippen LogP contribution in [0.3, 0.4) is 0 Å². The van der Waals surface area contributed by atoms with E-state index in [0.29, 0.717) is 17.4 Å². The second-order valence-corrected chi connectivity index (χ2v) is 7.22. The molecule has 1 aromatic carbocycles. The fourth-order valence-electron chi connectivity index (χ4n) is 2.82. The highest BCUT2D eigenvalue weighted by atomic mass is 35.5. The van der Waals surface area contributed by atoms with Gasteiger partial charge in [-0.1, -0.05) is 23.7 Å². The Morgan fingerprint density at radius 2 is 2.18 bits per heavy atom. The highest BCUT2D eigenvalue weighted by Crippen LogP contribution is 2.30. The summed E-state index contributed by atoms with van der Waals surface area (Å²) in [5.74, 6) is 0.686. The fraction of sp³-hybridized carbons (Fsp3) is 0.412. The molecule has 0 bridgehead atoms. The Morgan fingerprint density at radius 3 is 2.86 bits per heavy atom. The monoisotopic (exact) mass is 334 g/mol. The number of benzene rings is 1. The number of carbonyl (C=O) groups is 1. The maximum atomic E-state index is 12.6. The van der Waals surface area contributed by atoms with Crippen LogP contribution < -0.4 is 5.32 Å². The summed E-state index contributed by atoms with van der Waals surface area (Å²) in [6, 6.07) is 7.59. The number of thiazole rings is 1. The first-order valence-electron chi connectivity index (χ1n) is 7.61. The summed E-state index contributed by atoms with van der Waals surface area (Å²) < 4.78 is 0. The summed E-state index contributed by atoms with van der Waals surface area (Å²) in [5, 5.41) is 4.96. The van der Waals surface area contributed by atoms with Gasteiger partial charge >= 0.3 is 0 Å². The van der Waals surface area contributed by atoms with Crippen molar-refractivity contribution in [2.24, 2.45) is 5.92 Å². The van der Waals surface area contributed by atoms with Crippen molar-refractivity contribution < 1.29 is 4.79 Å². The van der Waals surface area contributed by atoms with Crippen LogP contribution in [0.1, 0.15) is 34.6 Å². The zero-order valence-corrected chi connectivity index (χ0v) is 14.1. The average molecular weight is 335 g/mol. The van der Waals surface area contributed by atoms with Crippen molar-refractivity contribution in [1.29, 1.82) is 0 Å². The van der Waals surface area contributed by atoms with Gasteiger partial charge in [0.25, 0.3) is 0 Å². The van der Waals surface area contributed by atoms with Gasteiger partial charge in [-0.05, 0) is 50.9 Å². The molecule has 0 saturated carbocycles. The molecule has 0 radical (unpaired) electrons. The molecule has 2 aromatic rings. The Bertz CT molecular complexity index is 660. The van der Waals surface area contributed by atoms with Crippen LogP contribution in [0.15, 0.2) is 24.3 Å². The Labute approximate surface area is 139 Å². The van der Waals surface area contributed by atoms with Crippen LogP contribution in [-0.4, -0.2) is 23.9 Å². The zero-order valence-electron chi connectivity index (χ0n) is 12.6. The number of hydrogen-bond acceptors (Lipinski definition) is 4. The fourth-order valence-corrected chi connectivity index (χ4v) is 3.97. The minimum Gasteiger partial charge on any atom is -0.316 e. The van der Waals surface area contributed by atoms with Gasteiger partial charge < -0.3 is 5.32 Å². The van der Waals surface area contributed by atoms with Crippen LogP contribution in [0.4, 0.5) is 0 Å². The normalized spacial score (nSPS) is 18.4. The number of Topliss-reactive ketones (excluding diaryl/α,β-unsaturated/α-hetero) is 1. The Morgan fingerprint density at radius 1 is 1.41 bits per heavy atom. The molecule has 1 unspecified atom stereocenters. The average Bonchev–Trinajstić information content (AvgIpc) is 2.91. The van der Waals surface area contributed by atoms with Gasteiger partial charge in [-0.25, -0.2) is 4.98 Å². The molecule has 5 heteroatoms. The number of aryl methyl sites for hydroxylation is 1. The number of halogens is 1. The highest BCUT2D eigenvalue weighted by Gasteiger charge is 2.21. The summed E-state index contributed by atoms with van der Waals surface area (Å²) in [6.07, 6.45) is 2.92. The van der Waals surface area contributed by atoms with E-state index in [9.17, 15) is 4.79 Å². The van der Waals surface area contributed by atoms with E-state index in [2.05, 4.69) is 10.3 Å². The van der Waals surface area contributed by atoms with Gasteiger partial charge in [-0.15, -0.1) is 11.3 Å². The molecule has 1 fully saturated rings. The summed E-state index contributed by atoms with van der Waals surface area (Å²) in [7, 11) is 0. The lowest BCUT2D eigenvalue weighted by Crippen LogP contribution is -2.31. The van der Waals surface area contributed by atoms with Crippen molar-refractivity contribution in [2.45, 2.75) is 26.2 Å². The van der Waals surface area contributed by atoms with Gasteiger partial charge in [0.2, 0.25) is 0 Å². The summed E-state index contributed by atoms with van der Waals surface area (Å²) >= 11 is 7.41. The zero-order chi connectivity index (χ0) is 15.5. The molecule has 3 rings (SSSR count). The molecular formula is C17H19ClN2OS. The number of rotatable bonds is 4. The number of ketones is 1. The van der Waals surface area contributed by atoms with Crippen molar-refractivity contribution in [2.75, 3.05) is 13.1 Å². The quantitative estimate of drug-likeness (QED) is 0.845. The van der Waals surface area contributed by atoms with Crippen LogP contribution in [0, 0.1) is 12.8 Å². The van der Waals surface area contributed by atoms with Gasteiger partial charge in [0.1, 0.15) is 5.01 Å². The van der Waals surface area contributed by atoms with Crippen LogP contribution in [-0.2, 0) is 0 Å². The van der Waals surface area contributed by atoms with E-state index in [1.807, 2.05) is 31.2 Å². The third-order valence-electron chi connectivity index (χ3n) is 4.01. The summed E-state index contributed by atoms with van der Waals surface area (Å²) in [6.45, 7) is 3.95. The number of nitrogens with one attached hydrogen (secondary N) is 1. The molecule has 1 saturated heterocycles. The van der Waals surface area contributed by atoms with Gasteiger partial charge in [-0.2, -0.15) is 0 Å². The third kappa shape index (κ3) is 3.57. The maximum Gasteiger partial charge on any atom is 0.175 e. The van der Waals surface area contributed by atoms with Crippen molar-refractivity contribution in [1.82, 2.24) is 10.3 Å². The van der Waals surface area contributed by atoms with Gasteiger partial charge in [0.05, 0.1) is 10.6 Å². The number of hydrogen-bond donors (Lipinski definition) is 1. The molecule has 2 heterocycles. The van der Waals surface area contributed by atoms with E-state index in [4.69, 9.17) is 11.6 Å². The van der Waals surface area contributed by atoms with Crippen molar-refractivity contribution in [3.63, 3.8) is 0 Å². The van der Waals surface area contributed by atoms with Gasteiger partial charge in [0.15, 0.2) is 5.78 Å². The van der Waals surface area contributed by atoms with Crippen LogP contribution in [0.2, 0.25) is 5.02 Å². The smallest absolute Gasteiger partial charge is 0.175 e. The lowest BCUT2D eigenvalue weighted by atomic mass is 9.93. The van der Waals surface area contributed by atoms with E-state index in [1.54, 1.807) is 0 Å². The largest absolute Gasteiger partial charge is 0.316 e. The molecular weight excluding hydrogens is 316 g/mol. The minimum absolute atomic E-state index is 0.226. The van der Waals surface area contributed by atoms with Crippen molar-refractivity contribution in [3.8, 4) is 10.6 Å². The molecule has 1 aromatic heterocycles. The first-order valence-corrected chi connectivity index (χ1v) is 8.80. The maximum absolute atomic E-state index is 12.6. The van der Waals surface area contributed by atoms with E-state index in [0.717, 1.165) is 47.1 Å². The minimum atomic E-state index is 0.226. The van der Waals surface area contributed by atoms with Gasteiger partial charge in [-0.3, -0.25) is 4.79 Å². The molecule has 22 heavy (non-hydrogen) atoms. The van der Waals surface area contributed by atoms with Gasteiger partial charge in [0, 0.05) is 17.0 Å². The number of carbonyl (C=O) groups excluding carboxylic acids is 1. The summed E-state index contributed by atoms with van der Waals surface area (Å²) in [5.41, 5.74) is 1.85. The molecule has 3 nitrogen and oxygen atoms in total. The van der Waals surface area contributed by atoms with E-state index in [-0.39, 0.29) is 5.78 Å². The molecule has 0 amide bonds. The number of piperidine rings is 1. The Hall–Kier alpha value is -1.23. The second kappa shape index (κ2) is 6.90. The molecule has 0 aliphatic carbocycles. The predicted molar refractivity (Wildman–Crippen MR) is 91.8 cm³/mol. The Balaban J connectivity index is 1.76. The SMILES string of the molecule is Cc1nc(-c2ccc(Cl)cc2)sc1C(=O)CC1CCCNC1. The van der Waals surface area contributed by atoms with E-state index >= 15 is 0 Å². The molecule has 1 atom stereocenters. The topological polar surface area (TPSA) is 42.0 Å². The number of nitrogens with zero attached hydrogens (tertiary/aromatic N) is 1. The van der Waals surface area contributed by atoms with Crippen LogP contribution >= 0.6 is 22.9 Å². The molecule has 116 valence electrons. The lowest BCUT2D eigenvalue weighted by Gasteiger charge is -2.21. The molecule has 1 aliphatic heterocycles. The molecule has 1 N–H and O–H groups in total. The number of aromatic nitrogens is 1. The van der Waals surface area contributed by atoms with Crippen molar-refractivity contribution >= 4 is 28.7 Å². The standard InChI is InChI=1S/C17H19ClN2OS/c1-11-16(15(21)9-12-3-2-8-19-10-12)22-17(20-11)13-4-6-14(18)7-5-13/h4-7,12,19H,2-3,8-10H2,1H3. The summed E-state index contributed by atoms with van der Waals surface area (Å²) in [4.78, 5) is 17.9. The van der Waals surface area contributed by atoms with Crippen LogP contribution in [0.5, 0.6) is 0 Å². The molecule has 0 spiro atoms. The van der Waals surface area contributed by atoms with Crippen molar-refractivity contribution in [3.05, 3.63) is 39.9 Å². The third-order valence-corrected chi connectivity index (χ3v) is 5.51. The lowest BCUT2D eigenvalue weighted by molar-refractivity contribution is 0.0957. The molecule has 1 aliphatic rings. The van der Waals surface area contributed by atoms with E-state index in [1.165, 1.54) is 11.3 Å². The first-order chi connectivity index (χ1) is 10.6. The second-order valence-electron chi connectivity index (χ2n) is 5.78. The first kappa shape index (κ1) is 15.7. The predicted octanol–water partition coefficient (Wildman–Crippen LogP) is 4.34. The Kier molecular flexibility index (Phi) is 4.91. The van der Waals surface area contributed by atoms with Crippen LogP contribution in [0.25, 0.3) is 10.6 Å². The highest BCUT2D eigenvalue weighted by molar-refractivity contribution is 7.17. The van der Waals surface area contributed by atoms with E-state index < -0.39 is 0 Å².